The van der Waals surface area contributed by atoms with E-state index in [1.807, 2.05) is 42.2 Å². The number of halogens is 1. The second-order valence-corrected chi connectivity index (χ2v) is 8.21. The number of nitrogens with zero attached hydrogens (tertiary/aromatic N) is 3. The molecule has 0 saturated carbocycles. The molecule has 160 valence electrons. The number of para-hydroxylation sites is 1. The molecule has 0 bridgehead atoms. The van der Waals surface area contributed by atoms with Gasteiger partial charge in [0.05, 0.1) is 12.8 Å². The largest absolute Gasteiger partial charge is 0.496 e. The molecule has 0 N–H and O–H groups in total. The van der Waals surface area contributed by atoms with Crippen LogP contribution in [0.25, 0.3) is 0 Å². The summed E-state index contributed by atoms with van der Waals surface area (Å²) in [4.78, 5) is 19.6. The highest BCUT2D eigenvalue weighted by Crippen LogP contribution is 2.25. The van der Waals surface area contributed by atoms with Crippen LogP contribution >= 0.6 is 0 Å². The van der Waals surface area contributed by atoms with Crippen molar-refractivity contribution >= 4 is 11.6 Å². The van der Waals surface area contributed by atoms with Crippen molar-refractivity contribution in [3.05, 3.63) is 59.4 Å². The molecule has 0 aliphatic carbocycles. The first kappa shape index (κ1) is 20.7. The second kappa shape index (κ2) is 9.04. The lowest BCUT2D eigenvalue weighted by atomic mass is 10.0. The molecule has 2 aromatic rings. The summed E-state index contributed by atoms with van der Waals surface area (Å²) in [5, 5.41) is 0. The van der Waals surface area contributed by atoms with Gasteiger partial charge in [0.1, 0.15) is 11.6 Å². The molecule has 4 rings (SSSR count). The van der Waals surface area contributed by atoms with Gasteiger partial charge in [-0.05, 0) is 55.7 Å². The number of rotatable bonds is 4. The van der Waals surface area contributed by atoms with E-state index in [2.05, 4.69) is 9.80 Å². The zero-order valence-electron chi connectivity index (χ0n) is 17.8. The number of ether oxygens (including phenoxy) is 1. The highest BCUT2D eigenvalue weighted by molar-refractivity contribution is 5.94. The topological polar surface area (TPSA) is 36.0 Å². The van der Waals surface area contributed by atoms with E-state index in [1.54, 1.807) is 13.2 Å². The monoisotopic (exact) mass is 411 g/mol. The molecular weight excluding hydrogens is 381 g/mol. The third kappa shape index (κ3) is 4.29. The van der Waals surface area contributed by atoms with Crippen LogP contribution in [0, 0.1) is 12.7 Å². The number of carbonyl (C=O) groups excluding carboxylic acids is 1. The molecule has 2 heterocycles. The van der Waals surface area contributed by atoms with Crippen molar-refractivity contribution in [3.8, 4) is 5.75 Å². The first-order chi connectivity index (χ1) is 14.6. The number of amides is 1. The average molecular weight is 412 g/mol. The van der Waals surface area contributed by atoms with E-state index in [1.165, 1.54) is 6.07 Å². The van der Waals surface area contributed by atoms with Gasteiger partial charge in [-0.15, -0.1) is 0 Å². The highest BCUT2D eigenvalue weighted by Gasteiger charge is 2.31. The molecular formula is C24H30FN3O2. The number of hydrogen-bond acceptors (Lipinski definition) is 4. The summed E-state index contributed by atoms with van der Waals surface area (Å²) >= 11 is 0. The number of aryl methyl sites for hydroxylation is 1. The summed E-state index contributed by atoms with van der Waals surface area (Å²) < 4.78 is 19.4. The van der Waals surface area contributed by atoms with Crippen LogP contribution in [0.4, 0.5) is 10.1 Å². The van der Waals surface area contributed by atoms with Gasteiger partial charge in [0.25, 0.3) is 5.91 Å². The number of hydrogen-bond donors (Lipinski definition) is 0. The molecule has 1 amide bonds. The number of likely N-dealkylation sites (tertiary alicyclic amines) is 1. The summed E-state index contributed by atoms with van der Waals surface area (Å²) in [7, 11) is 1.64. The van der Waals surface area contributed by atoms with Crippen molar-refractivity contribution in [2.24, 2.45) is 0 Å². The Morgan fingerprint density at radius 3 is 2.53 bits per heavy atom. The summed E-state index contributed by atoms with van der Waals surface area (Å²) in [6.45, 7) is 6.92. The average Bonchev–Trinajstić information content (AvgIpc) is 2.79. The third-order valence-corrected chi connectivity index (χ3v) is 6.35. The minimum atomic E-state index is -0.157. The quantitative estimate of drug-likeness (QED) is 0.771. The van der Waals surface area contributed by atoms with Gasteiger partial charge in [0, 0.05) is 50.9 Å². The van der Waals surface area contributed by atoms with Crippen molar-refractivity contribution < 1.29 is 13.9 Å². The lowest BCUT2D eigenvalue weighted by molar-refractivity contribution is 0.0563. The fourth-order valence-electron chi connectivity index (χ4n) is 4.67. The fourth-order valence-corrected chi connectivity index (χ4v) is 4.67. The smallest absolute Gasteiger partial charge is 0.253 e. The Morgan fingerprint density at radius 2 is 1.83 bits per heavy atom. The molecule has 2 aliphatic rings. The minimum Gasteiger partial charge on any atom is -0.496 e. The van der Waals surface area contributed by atoms with Gasteiger partial charge in [-0.3, -0.25) is 9.69 Å². The number of carbonyl (C=O) groups is 1. The van der Waals surface area contributed by atoms with Crippen LogP contribution in [0.15, 0.2) is 42.5 Å². The van der Waals surface area contributed by atoms with Crippen LogP contribution in [0.2, 0.25) is 0 Å². The molecule has 0 radical (unpaired) electrons. The number of benzene rings is 2. The normalized spacial score (nSPS) is 20.3. The van der Waals surface area contributed by atoms with Crippen LogP contribution in [0.3, 0.4) is 0 Å². The zero-order valence-corrected chi connectivity index (χ0v) is 17.8. The molecule has 2 fully saturated rings. The zero-order chi connectivity index (χ0) is 21.1. The van der Waals surface area contributed by atoms with Crippen LogP contribution in [-0.4, -0.2) is 68.1 Å². The Balaban J connectivity index is 1.37. The summed E-state index contributed by atoms with van der Waals surface area (Å²) in [5.41, 5.74) is 2.38. The maximum Gasteiger partial charge on any atom is 0.253 e. The predicted molar refractivity (Wildman–Crippen MR) is 117 cm³/mol. The molecule has 30 heavy (non-hydrogen) atoms. The van der Waals surface area contributed by atoms with Crippen molar-refractivity contribution in [1.82, 2.24) is 9.80 Å². The van der Waals surface area contributed by atoms with Gasteiger partial charge < -0.3 is 14.5 Å². The number of piperazine rings is 1. The number of anilines is 1. The first-order valence-corrected chi connectivity index (χ1v) is 10.7. The SMILES string of the molecule is COc1ccc(C(=O)N2CCC[C@@H](N3CCN(c4ccccc4F)CC3)C2)cc1C. The molecule has 2 aromatic carbocycles. The highest BCUT2D eigenvalue weighted by atomic mass is 19.1. The van der Waals surface area contributed by atoms with Gasteiger partial charge in [-0.1, -0.05) is 12.1 Å². The van der Waals surface area contributed by atoms with E-state index in [0.717, 1.165) is 69.0 Å². The predicted octanol–water partition coefficient (Wildman–Crippen LogP) is 3.57. The molecule has 0 spiro atoms. The Bertz CT molecular complexity index is 896. The van der Waals surface area contributed by atoms with Crippen molar-refractivity contribution in [3.63, 3.8) is 0 Å². The Hall–Kier alpha value is -2.60. The summed E-state index contributed by atoms with van der Waals surface area (Å²) in [5.74, 6) is 0.737. The molecule has 2 aliphatic heterocycles. The van der Waals surface area contributed by atoms with Crippen LogP contribution < -0.4 is 9.64 Å². The molecule has 0 unspecified atom stereocenters. The van der Waals surface area contributed by atoms with Crippen molar-refractivity contribution in [1.29, 1.82) is 0 Å². The van der Waals surface area contributed by atoms with Crippen molar-refractivity contribution in [2.45, 2.75) is 25.8 Å². The first-order valence-electron chi connectivity index (χ1n) is 10.7. The lowest BCUT2D eigenvalue weighted by Gasteiger charge is -2.44. The van der Waals surface area contributed by atoms with Crippen LogP contribution in [0.5, 0.6) is 5.75 Å². The number of piperidine rings is 1. The standard InChI is InChI=1S/C24H30FN3O2/c1-18-16-19(9-10-23(18)30-2)24(29)28-11-5-6-20(17-28)26-12-14-27(15-13-26)22-8-4-3-7-21(22)25/h3-4,7-10,16,20H,5-6,11-15,17H2,1-2H3/t20-/m1/s1. The molecule has 6 heteroatoms. The van der Waals surface area contributed by atoms with E-state index in [-0.39, 0.29) is 11.7 Å². The van der Waals surface area contributed by atoms with E-state index in [9.17, 15) is 9.18 Å². The van der Waals surface area contributed by atoms with E-state index < -0.39 is 0 Å². The van der Waals surface area contributed by atoms with Crippen LogP contribution in [-0.2, 0) is 0 Å². The number of methoxy groups -OCH3 is 1. The fraction of sp³-hybridized carbons (Fsp3) is 0.458. The summed E-state index contributed by atoms with van der Waals surface area (Å²) in [6.07, 6.45) is 2.12. The van der Waals surface area contributed by atoms with Crippen LogP contribution in [0.1, 0.15) is 28.8 Å². The minimum absolute atomic E-state index is 0.0930. The van der Waals surface area contributed by atoms with Gasteiger partial charge >= 0.3 is 0 Å². The van der Waals surface area contributed by atoms with Gasteiger partial charge in [0.15, 0.2) is 0 Å². The Kier molecular flexibility index (Phi) is 6.23. The lowest BCUT2D eigenvalue weighted by Crippen LogP contribution is -2.56. The molecule has 2 saturated heterocycles. The molecule has 5 nitrogen and oxygen atoms in total. The second-order valence-electron chi connectivity index (χ2n) is 8.21. The van der Waals surface area contributed by atoms with E-state index >= 15 is 0 Å². The van der Waals surface area contributed by atoms with E-state index in [4.69, 9.17) is 4.74 Å². The van der Waals surface area contributed by atoms with Gasteiger partial charge in [-0.2, -0.15) is 0 Å². The maximum absolute atomic E-state index is 14.1. The maximum atomic E-state index is 14.1. The third-order valence-electron chi connectivity index (χ3n) is 6.35. The Morgan fingerprint density at radius 1 is 1.07 bits per heavy atom. The van der Waals surface area contributed by atoms with Gasteiger partial charge in [-0.25, -0.2) is 4.39 Å². The molecule has 0 aromatic heterocycles. The molecule has 1 atom stereocenters. The summed E-state index contributed by atoms with van der Waals surface area (Å²) in [6, 6.07) is 13.0. The van der Waals surface area contributed by atoms with Gasteiger partial charge in [0.2, 0.25) is 0 Å². The Labute approximate surface area is 178 Å². The van der Waals surface area contributed by atoms with E-state index in [0.29, 0.717) is 11.7 Å². The van der Waals surface area contributed by atoms with Crippen molar-refractivity contribution in [2.75, 3.05) is 51.3 Å².